The van der Waals surface area contributed by atoms with Gasteiger partial charge in [0.1, 0.15) is 9.26 Å². The van der Waals surface area contributed by atoms with E-state index in [-0.39, 0.29) is 9.26 Å². The minimum absolute atomic E-state index is 0.0673. The van der Waals surface area contributed by atoms with Gasteiger partial charge in [0.05, 0.1) is 12.8 Å². The molecule has 1 aromatic heterocycles. The van der Waals surface area contributed by atoms with Gasteiger partial charge in [0, 0.05) is 5.33 Å². The van der Waals surface area contributed by atoms with Crippen molar-refractivity contribution in [2.24, 2.45) is 0 Å². The quantitative estimate of drug-likeness (QED) is 0.314. The Morgan fingerprint density at radius 3 is 2.61 bits per heavy atom. The number of alkyl halides is 4. The van der Waals surface area contributed by atoms with Crippen LogP contribution in [0.2, 0.25) is 0 Å². The molecule has 0 radical (unpaired) electrons. The number of esters is 1. The fourth-order valence-corrected chi connectivity index (χ4v) is 2.09. The van der Waals surface area contributed by atoms with Crippen molar-refractivity contribution in [3.8, 4) is 5.75 Å². The summed E-state index contributed by atoms with van der Waals surface area (Å²) in [5.41, 5.74) is 0.0815. The van der Waals surface area contributed by atoms with Crippen LogP contribution in [-0.2, 0) is 10.1 Å². The maximum Gasteiger partial charge on any atom is 0.573 e. The van der Waals surface area contributed by atoms with Gasteiger partial charge in [0.25, 0.3) is 0 Å². The van der Waals surface area contributed by atoms with Gasteiger partial charge in [-0.1, -0.05) is 15.9 Å². The number of pyridine rings is 1. The molecule has 1 heterocycles. The lowest BCUT2D eigenvalue weighted by atomic mass is 10.2. The van der Waals surface area contributed by atoms with Gasteiger partial charge >= 0.3 is 12.3 Å². The van der Waals surface area contributed by atoms with Crippen LogP contribution in [0.15, 0.2) is 6.07 Å². The molecule has 4 nitrogen and oxygen atoms in total. The molecule has 1 rings (SSSR count). The van der Waals surface area contributed by atoms with Crippen molar-refractivity contribution in [3.63, 3.8) is 0 Å². The fraction of sp³-hybridized carbons (Fsp3) is 0.333. The number of aromatic nitrogens is 1. The van der Waals surface area contributed by atoms with Crippen LogP contribution in [0.5, 0.6) is 5.75 Å². The number of carbonyl (C=O) groups excluding carboxylic acids is 1. The van der Waals surface area contributed by atoms with E-state index in [9.17, 15) is 18.0 Å². The second-order valence-electron chi connectivity index (χ2n) is 2.95. The average Bonchev–Trinajstić information content (AvgIpc) is 2.28. The number of hydrogen-bond acceptors (Lipinski definition) is 4. The van der Waals surface area contributed by atoms with Crippen LogP contribution in [0.1, 0.15) is 16.1 Å². The van der Waals surface area contributed by atoms with Gasteiger partial charge in [0.2, 0.25) is 0 Å². The molecule has 0 aromatic carbocycles. The first kappa shape index (κ1) is 15.5. The highest BCUT2D eigenvalue weighted by Gasteiger charge is 2.35. The largest absolute Gasteiger partial charge is 0.573 e. The number of carbonyl (C=O) groups is 1. The number of rotatable bonds is 3. The number of halogens is 5. The molecular weight excluding hydrogens is 434 g/mol. The van der Waals surface area contributed by atoms with Crippen LogP contribution < -0.4 is 4.74 Å². The van der Waals surface area contributed by atoms with Crippen molar-refractivity contribution >= 4 is 44.5 Å². The Kier molecular flexibility index (Phi) is 5.20. The zero-order valence-electron chi connectivity index (χ0n) is 8.85. The molecule has 0 spiro atoms. The van der Waals surface area contributed by atoms with Gasteiger partial charge in [0.15, 0.2) is 5.75 Å². The molecule has 0 saturated carbocycles. The first-order valence-electron chi connectivity index (χ1n) is 4.38. The third kappa shape index (κ3) is 3.97. The lowest BCUT2D eigenvalue weighted by Gasteiger charge is -2.14. The van der Waals surface area contributed by atoms with Crippen molar-refractivity contribution in [1.29, 1.82) is 0 Å². The standard InChI is InChI=1S/C9H6BrF3INO3/c1-17-8(16)5-2-4(3-10)15-7(14)6(5)18-9(11,12)13/h2H,3H2,1H3. The van der Waals surface area contributed by atoms with Crippen molar-refractivity contribution in [1.82, 2.24) is 4.98 Å². The summed E-state index contributed by atoms with van der Waals surface area (Å²) in [5.74, 6) is -1.57. The smallest absolute Gasteiger partial charge is 0.465 e. The first-order valence-corrected chi connectivity index (χ1v) is 6.58. The number of methoxy groups -OCH3 is 1. The lowest BCUT2D eigenvalue weighted by Crippen LogP contribution is -2.21. The monoisotopic (exact) mass is 439 g/mol. The van der Waals surface area contributed by atoms with Crippen LogP contribution in [0, 0.1) is 3.70 Å². The molecule has 0 aliphatic carbocycles. The van der Waals surface area contributed by atoms with Gasteiger partial charge in [-0.2, -0.15) is 0 Å². The van der Waals surface area contributed by atoms with Crippen LogP contribution in [0.3, 0.4) is 0 Å². The van der Waals surface area contributed by atoms with Crippen molar-refractivity contribution in [2.75, 3.05) is 7.11 Å². The van der Waals surface area contributed by atoms with E-state index >= 15 is 0 Å². The molecule has 0 aliphatic rings. The van der Waals surface area contributed by atoms with E-state index in [4.69, 9.17) is 0 Å². The van der Waals surface area contributed by atoms with E-state index in [0.29, 0.717) is 11.0 Å². The summed E-state index contributed by atoms with van der Waals surface area (Å²) in [6.07, 6.45) is -4.90. The summed E-state index contributed by atoms with van der Waals surface area (Å²) in [6, 6.07) is 1.18. The summed E-state index contributed by atoms with van der Waals surface area (Å²) in [5, 5.41) is 0.291. The second-order valence-corrected chi connectivity index (χ2v) is 4.54. The van der Waals surface area contributed by atoms with E-state index < -0.39 is 18.1 Å². The van der Waals surface area contributed by atoms with Crippen LogP contribution >= 0.6 is 38.5 Å². The zero-order valence-corrected chi connectivity index (χ0v) is 12.6. The fourth-order valence-electron chi connectivity index (χ4n) is 1.10. The molecule has 0 amide bonds. The molecule has 1 aromatic rings. The third-order valence-corrected chi connectivity index (χ3v) is 3.05. The zero-order chi connectivity index (χ0) is 13.9. The Bertz CT molecular complexity index is 467. The predicted molar refractivity (Wildman–Crippen MR) is 67.6 cm³/mol. The van der Waals surface area contributed by atoms with E-state index in [1.807, 2.05) is 0 Å². The molecule has 0 bridgehead atoms. The summed E-state index contributed by atoms with van der Waals surface area (Å²) in [6.45, 7) is 0. The average molecular weight is 440 g/mol. The van der Waals surface area contributed by atoms with Crippen LogP contribution in [0.25, 0.3) is 0 Å². The predicted octanol–water partition coefficient (Wildman–Crippen LogP) is 3.27. The molecular formula is C9H6BrF3INO3. The van der Waals surface area contributed by atoms with E-state index in [1.54, 1.807) is 22.6 Å². The normalized spacial score (nSPS) is 11.2. The maximum atomic E-state index is 12.2. The summed E-state index contributed by atoms with van der Waals surface area (Å²) < 4.78 is 44.9. The SMILES string of the molecule is COC(=O)c1cc(CBr)nc(I)c1OC(F)(F)F. The molecule has 0 unspecified atom stereocenters. The summed E-state index contributed by atoms with van der Waals surface area (Å²) in [4.78, 5) is 15.3. The maximum absolute atomic E-state index is 12.2. The van der Waals surface area contributed by atoms with Gasteiger partial charge in [-0.3, -0.25) is 0 Å². The van der Waals surface area contributed by atoms with E-state index in [0.717, 1.165) is 7.11 Å². The van der Waals surface area contributed by atoms with E-state index in [2.05, 4.69) is 30.4 Å². The van der Waals surface area contributed by atoms with Gasteiger partial charge < -0.3 is 9.47 Å². The van der Waals surface area contributed by atoms with Crippen LogP contribution in [0.4, 0.5) is 13.2 Å². The highest BCUT2D eigenvalue weighted by atomic mass is 127. The summed E-state index contributed by atoms with van der Waals surface area (Å²) in [7, 11) is 1.07. The minimum atomic E-state index is -4.90. The van der Waals surface area contributed by atoms with E-state index in [1.165, 1.54) is 6.07 Å². The topological polar surface area (TPSA) is 48.4 Å². The Morgan fingerprint density at radius 2 is 2.17 bits per heavy atom. The lowest BCUT2D eigenvalue weighted by molar-refractivity contribution is -0.275. The molecule has 18 heavy (non-hydrogen) atoms. The first-order chi connectivity index (χ1) is 8.28. The van der Waals surface area contributed by atoms with Gasteiger partial charge in [-0.05, 0) is 28.7 Å². The van der Waals surface area contributed by atoms with Crippen LogP contribution in [-0.4, -0.2) is 24.4 Å². The summed E-state index contributed by atoms with van der Waals surface area (Å²) >= 11 is 4.66. The molecule has 100 valence electrons. The third-order valence-electron chi connectivity index (χ3n) is 1.74. The molecule has 0 N–H and O–H groups in total. The highest BCUT2D eigenvalue weighted by Crippen LogP contribution is 2.31. The highest BCUT2D eigenvalue weighted by molar-refractivity contribution is 14.1. The minimum Gasteiger partial charge on any atom is -0.465 e. The number of hydrogen-bond donors (Lipinski definition) is 0. The number of nitrogens with zero attached hydrogens (tertiary/aromatic N) is 1. The molecule has 9 heteroatoms. The Labute approximate surface area is 122 Å². The van der Waals surface area contributed by atoms with Crippen molar-refractivity contribution < 1.29 is 27.4 Å². The Morgan fingerprint density at radius 1 is 1.56 bits per heavy atom. The Balaban J connectivity index is 3.33. The molecule has 0 saturated heterocycles. The molecule has 0 atom stereocenters. The molecule has 0 fully saturated rings. The number of ether oxygens (including phenoxy) is 2. The van der Waals surface area contributed by atoms with Crippen molar-refractivity contribution in [2.45, 2.75) is 11.7 Å². The van der Waals surface area contributed by atoms with Gasteiger partial charge in [-0.25, -0.2) is 9.78 Å². The second kappa shape index (κ2) is 6.04. The van der Waals surface area contributed by atoms with Crippen molar-refractivity contribution in [3.05, 3.63) is 21.0 Å². The molecule has 0 aliphatic heterocycles. The Hall–Kier alpha value is -0.580. The van der Waals surface area contributed by atoms with Gasteiger partial charge in [-0.15, -0.1) is 13.2 Å².